The van der Waals surface area contributed by atoms with E-state index in [1.807, 2.05) is 24.3 Å². The van der Waals surface area contributed by atoms with Crippen LogP contribution < -0.4 is 0 Å². The average molecular weight is 425 g/mol. The van der Waals surface area contributed by atoms with E-state index in [2.05, 4.69) is 61.0 Å². The van der Waals surface area contributed by atoms with Crippen LogP contribution in [-0.2, 0) is 12.1 Å². The Morgan fingerprint density at radius 2 is 1.36 bits per heavy atom. The largest absolute Gasteiger partial charge is 0.385 e. The summed E-state index contributed by atoms with van der Waals surface area (Å²) in [5.41, 5.74) is 1.66. The zero-order valence-electron chi connectivity index (χ0n) is 12.3. The van der Waals surface area contributed by atoms with Gasteiger partial charge in [-0.2, -0.15) is 0 Å². The van der Waals surface area contributed by atoms with Crippen LogP contribution in [0.5, 0.6) is 0 Å². The number of nitrogens with zero attached hydrogens (tertiary/aromatic N) is 1. The smallest absolute Gasteiger partial charge is 0.0920 e. The maximum absolute atomic E-state index is 10.9. The fourth-order valence-electron chi connectivity index (χ4n) is 2.98. The lowest BCUT2D eigenvalue weighted by atomic mass is 9.84. The SMILES string of the molecule is OC1(c2ccc(Br)cc2)CCN(Cc2ccc(Br)cc2)CC1. The molecule has 0 unspecified atom stereocenters. The first-order valence-corrected chi connectivity index (χ1v) is 9.09. The van der Waals surface area contributed by atoms with E-state index in [-0.39, 0.29) is 0 Å². The van der Waals surface area contributed by atoms with E-state index in [4.69, 9.17) is 0 Å². The lowest BCUT2D eigenvalue weighted by Crippen LogP contribution is -2.42. The summed E-state index contributed by atoms with van der Waals surface area (Å²) < 4.78 is 2.16. The molecular weight excluding hydrogens is 406 g/mol. The standard InChI is InChI=1S/C18H19Br2NO/c19-16-5-1-14(2-6-16)13-21-11-9-18(22,10-12-21)15-3-7-17(20)8-4-15/h1-8,22H,9-13H2. The van der Waals surface area contributed by atoms with Gasteiger partial charge < -0.3 is 5.11 Å². The highest BCUT2D eigenvalue weighted by molar-refractivity contribution is 9.10. The lowest BCUT2D eigenvalue weighted by molar-refractivity contribution is -0.0277. The Balaban J connectivity index is 1.62. The molecule has 0 bridgehead atoms. The molecule has 1 fully saturated rings. The normalized spacial score (nSPS) is 18.3. The lowest BCUT2D eigenvalue weighted by Gasteiger charge is -2.38. The molecule has 0 spiro atoms. The van der Waals surface area contributed by atoms with Crippen LogP contribution in [0.3, 0.4) is 0 Å². The molecule has 0 amide bonds. The molecule has 2 nitrogen and oxygen atoms in total. The summed E-state index contributed by atoms with van der Waals surface area (Å²) in [6.45, 7) is 2.79. The number of hydrogen-bond donors (Lipinski definition) is 1. The van der Waals surface area contributed by atoms with Crippen molar-refractivity contribution in [3.05, 3.63) is 68.6 Å². The quantitative estimate of drug-likeness (QED) is 0.772. The second kappa shape index (κ2) is 6.83. The van der Waals surface area contributed by atoms with E-state index >= 15 is 0 Å². The van der Waals surface area contributed by atoms with Gasteiger partial charge in [-0.25, -0.2) is 0 Å². The van der Waals surface area contributed by atoms with Gasteiger partial charge in [0.1, 0.15) is 0 Å². The van der Waals surface area contributed by atoms with Crippen LogP contribution in [0.2, 0.25) is 0 Å². The molecule has 22 heavy (non-hydrogen) atoms. The highest BCUT2D eigenvalue weighted by Crippen LogP contribution is 2.33. The predicted molar refractivity (Wildman–Crippen MR) is 96.7 cm³/mol. The Morgan fingerprint density at radius 3 is 1.91 bits per heavy atom. The molecule has 1 saturated heterocycles. The van der Waals surface area contributed by atoms with E-state index in [9.17, 15) is 5.11 Å². The summed E-state index contributed by atoms with van der Waals surface area (Å²) in [6.07, 6.45) is 1.57. The number of benzene rings is 2. The first-order valence-electron chi connectivity index (χ1n) is 7.50. The molecule has 1 N–H and O–H groups in total. The average Bonchev–Trinajstić information content (AvgIpc) is 2.52. The van der Waals surface area contributed by atoms with Crippen LogP contribution in [0, 0.1) is 0 Å². The van der Waals surface area contributed by atoms with Gasteiger partial charge in [0, 0.05) is 28.6 Å². The second-order valence-corrected chi connectivity index (χ2v) is 7.77. The van der Waals surface area contributed by atoms with Gasteiger partial charge in [0.25, 0.3) is 0 Å². The zero-order chi connectivity index (χ0) is 15.6. The second-order valence-electron chi connectivity index (χ2n) is 5.94. The van der Waals surface area contributed by atoms with Crippen molar-refractivity contribution < 1.29 is 5.11 Å². The summed E-state index contributed by atoms with van der Waals surface area (Å²) in [4.78, 5) is 2.41. The molecule has 2 aromatic carbocycles. The fourth-order valence-corrected chi connectivity index (χ4v) is 3.51. The van der Waals surface area contributed by atoms with Crippen molar-refractivity contribution in [3.63, 3.8) is 0 Å². The highest BCUT2D eigenvalue weighted by atomic mass is 79.9. The Hall–Kier alpha value is -0.680. The molecule has 2 aromatic rings. The predicted octanol–water partition coefficient (Wildman–Crippen LogP) is 4.70. The fraction of sp³-hybridized carbons (Fsp3) is 0.333. The summed E-state index contributed by atoms with van der Waals surface area (Å²) in [5.74, 6) is 0. The molecule has 4 heteroatoms. The van der Waals surface area contributed by atoms with E-state index < -0.39 is 5.60 Å². The Labute approximate surface area is 148 Å². The third-order valence-electron chi connectivity index (χ3n) is 4.38. The van der Waals surface area contributed by atoms with Crippen LogP contribution >= 0.6 is 31.9 Å². The molecule has 1 heterocycles. The summed E-state index contributed by atoms with van der Waals surface area (Å²) in [7, 11) is 0. The number of hydrogen-bond acceptors (Lipinski definition) is 2. The van der Waals surface area contributed by atoms with Crippen molar-refractivity contribution in [1.29, 1.82) is 0 Å². The summed E-state index contributed by atoms with van der Waals surface area (Å²) in [6, 6.07) is 16.5. The number of likely N-dealkylation sites (tertiary alicyclic amines) is 1. The first-order chi connectivity index (χ1) is 10.5. The zero-order valence-corrected chi connectivity index (χ0v) is 15.5. The minimum atomic E-state index is -0.684. The molecular formula is C18H19Br2NO. The van der Waals surface area contributed by atoms with Gasteiger partial charge in [-0.05, 0) is 48.2 Å². The van der Waals surface area contributed by atoms with Crippen molar-refractivity contribution in [2.75, 3.05) is 13.1 Å². The monoisotopic (exact) mass is 423 g/mol. The summed E-state index contributed by atoms with van der Waals surface area (Å²) in [5, 5.41) is 10.9. The highest BCUT2D eigenvalue weighted by Gasteiger charge is 2.33. The van der Waals surface area contributed by atoms with Gasteiger partial charge in [0.15, 0.2) is 0 Å². The Kier molecular flexibility index (Phi) is 5.03. The molecule has 0 radical (unpaired) electrons. The van der Waals surface area contributed by atoms with Gasteiger partial charge in [-0.1, -0.05) is 56.1 Å². The van der Waals surface area contributed by atoms with Gasteiger partial charge in [0.2, 0.25) is 0 Å². The first kappa shape index (κ1) is 16.2. The van der Waals surface area contributed by atoms with Crippen molar-refractivity contribution in [2.45, 2.75) is 25.0 Å². The molecule has 0 aliphatic carbocycles. The van der Waals surface area contributed by atoms with Gasteiger partial charge >= 0.3 is 0 Å². The maximum Gasteiger partial charge on any atom is 0.0920 e. The minimum Gasteiger partial charge on any atom is -0.385 e. The van der Waals surface area contributed by atoms with E-state index in [1.165, 1.54) is 5.56 Å². The molecule has 0 saturated carbocycles. The summed E-state index contributed by atoms with van der Waals surface area (Å²) >= 11 is 6.91. The minimum absolute atomic E-state index is 0.684. The van der Waals surface area contributed by atoms with E-state index in [0.29, 0.717) is 0 Å². The maximum atomic E-state index is 10.9. The molecule has 0 atom stereocenters. The van der Waals surface area contributed by atoms with Crippen molar-refractivity contribution in [1.82, 2.24) is 4.90 Å². The molecule has 3 rings (SSSR count). The Bertz CT molecular complexity index is 617. The van der Waals surface area contributed by atoms with E-state index in [1.54, 1.807) is 0 Å². The van der Waals surface area contributed by atoms with Gasteiger partial charge in [-0.3, -0.25) is 4.90 Å². The topological polar surface area (TPSA) is 23.5 Å². The van der Waals surface area contributed by atoms with Gasteiger partial charge in [0.05, 0.1) is 5.60 Å². The Morgan fingerprint density at radius 1 is 0.864 bits per heavy atom. The number of piperidine rings is 1. The molecule has 116 valence electrons. The molecule has 0 aromatic heterocycles. The molecule has 1 aliphatic rings. The third-order valence-corrected chi connectivity index (χ3v) is 5.44. The van der Waals surface area contributed by atoms with Crippen LogP contribution in [0.4, 0.5) is 0 Å². The van der Waals surface area contributed by atoms with Crippen LogP contribution in [0.1, 0.15) is 24.0 Å². The molecule has 1 aliphatic heterocycles. The van der Waals surface area contributed by atoms with Crippen LogP contribution in [-0.4, -0.2) is 23.1 Å². The van der Waals surface area contributed by atoms with Crippen molar-refractivity contribution in [2.24, 2.45) is 0 Å². The number of aliphatic hydroxyl groups is 1. The number of halogens is 2. The van der Waals surface area contributed by atoms with Crippen LogP contribution in [0.25, 0.3) is 0 Å². The van der Waals surface area contributed by atoms with E-state index in [0.717, 1.165) is 47.0 Å². The van der Waals surface area contributed by atoms with Crippen molar-refractivity contribution >= 4 is 31.9 Å². The van der Waals surface area contributed by atoms with Gasteiger partial charge in [-0.15, -0.1) is 0 Å². The van der Waals surface area contributed by atoms with Crippen LogP contribution in [0.15, 0.2) is 57.5 Å². The third kappa shape index (κ3) is 3.80. The van der Waals surface area contributed by atoms with Crippen molar-refractivity contribution in [3.8, 4) is 0 Å². The number of rotatable bonds is 3.